The second-order valence-corrected chi connectivity index (χ2v) is 7.58. The highest BCUT2D eigenvalue weighted by Gasteiger charge is 2.32. The number of carbonyl (C=O) groups is 1. The van der Waals surface area contributed by atoms with E-state index in [9.17, 15) is 13.6 Å². The summed E-state index contributed by atoms with van der Waals surface area (Å²) in [7, 11) is 1.61. The van der Waals surface area contributed by atoms with Crippen molar-refractivity contribution in [3.05, 3.63) is 50.0 Å². The number of nitrogens with zero attached hydrogens (tertiary/aromatic N) is 2. The standard InChI is InChI=1S/C17H18BrF2N3O2S/c1-22(4-5-24)14(25)7-12-13-6-9(8-23(13)17(26)21-12)15-11(19)3-2-10(18)16(15)20/h2-3,9,24H,4-8H2,1H3,(H,21,26)/t9-/m0/s1. The van der Waals surface area contributed by atoms with Crippen LogP contribution in [0.3, 0.4) is 0 Å². The molecule has 0 aliphatic carbocycles. The van der Waals surface area contributed by atoms with Crippen LogP contribution in [-0.4, -0.2) is 45.7 Å². The predicted molar refractivity (Wildman–Crippen MR) is 98.5 cm³/mol. The van der Waals surface area contributed by atoms with E-state index in [4.69, 9.17) is 17.3 Å². The maximum Gasteiger partial charge on any atom is 0.228 e. The first kappa shape index (κ1) is 19.2. The second kappa shape index (κ2) is 7.58. The van der Waals surface area contributed by atoms with E-state index >= 15 is 0 Å². The Balaban J connectivity index is 1.88. The predicted octanol–water partition coefficient (Wildman–Crippen LogP) is 2.92. The van der Waals surface area contributed by atoms with Crippen molar-refractivity contribution in [3.8, 4) is 0 Å². The molecule has 140 valence electrons. The lowest BCUT2D eigenvalue weighted by atomic mass is 9.95. The lowest BCUT2D eigenvalue weighted by Crippen LogP contribution is -2.31. The minimum Gasteiger partial charge on any atom is -0.395 e. The van der Waals surface area contributed by atoms with Crippen LogP contribution in [0.1, 0.15) is 22.9 Å². The Morgan fingerprint density at radius 3 is 2.92 bits per heavy atom. The van der Waals surface area contributed by atoms with Crippen LogP contribution in [0.5, 0.6) is 0 Å². The van der Waals surface area contributed by atoms with Crippen LogP contribution in [-0.2, 0) is 24.2 Å². The highest BCUT2D eigenvalue weighted by molar-refractivity contribution is 9.10. The zero-order valence-corrected chi connectivity index (χ0v) is 16.5. The SMILES string of the molecule is CN(CCO)C(=O)Cc1[nH]c(=S)n2c1C[C@H](c1c(F)ccc(Br)c1F)C2. The van der Waals surface area contributed by atoms with Crippen LogP contribution < -0.4 is 0 Å². The fraction of sp³-hybridized carbons (Fsp3) is 0.412. The monoisotopic (exact) mass is 445 g/mol. The van der Waals surface area contributed by atoms with Gasteiger partial charge in [0.25, 0.3) is 0 Å². The quantitative estimate of drug-likeness (QED) is 0.549. The number of aromatic nitrogens is 2. The average molecular weight is 446 g/mol. The summed E-state index contributed by atoms with van der Waals surface area (Å²) in [6.07, 6.45) is 0.488. The van der Waals surface area contributed by atoms with Gasteiger partial charge < -0.3 is 19.6 Å². The molecule has 0 saturated carbocycles. The number of amides is 1. The molecule has 0 fully saturated rings. The average Bonchev–Trinajstić information content (AvgIpc) is 3.13. The summed E-state index contributed by atoms with van der Waals surface area (Å²) in [6.45, 7) is 0.484. The van der Waals surface area contributed by atoms with Gasteiger partial charge >= 0.3 is 0 Å². The minimum atomic E-state index is -0.601. The number of aliphatic hydroxyl groups excluding tert-OH is 1. The largest absolute Gasteiger partial charge is 0.395 e. The number of rotatable bonds is 5. The number of carbonyl (C=O) groups excluding carboxylic acids is 1. The maximum absolute atomic E-state index is 14.4. The lowest BCUT2D eigenvalue weighted by molar-refractivity contribution is -0.129. The molecule has 26 heavy (non-hydrogen) atoms. The van der Waals surface area contributed by atoms with Crippen molar-refractivity contribution >= 4 is 34.1 Å². The van der Waals surface area contributed by atoms with Gasteiger partial charge in [-0.05, 0) is 46.7 Å². The van der Waals surface area contributed by atoms with Crippen molar-refractivity contribution in [2.75, 3.05) is 20.2 Å². The molecule has 1 aromatic heterocycles. The Bertz CT molecular complexity index is 912. The number of fused-ring (bicyclic) bond motifs is 1. The van der Waals surface area contributed by atoms with E-state index < -0.39 is 11.6 Å². The Labute approximate surface area is 162 Å². The van der Waals surface area contributed by atoms with Gasteiger partial charge in [0.2, 0.25) is 5.91 Å². The molecule has 2 heterocycles. The molecule has 0 saturated heterocycles. The van der Waals surface area contributed by atoms with Crippen LogP contribution in [0.4, 0.5) is 8.78 Å². The first-order valence-electron chi connectivity index (χ1n) is 8.12. The van der Waals surface area contributed by atoms with Gasteiger partial charge in [-0.2, -0.15) is 0 Å². The van der Waals surface area contributed by atoms with Crippen LogP contribution >= 0.6 is 28.1 Å². The maximum atomic E-state index is 14.4. The summed E-state index contributed by atoms with van der Waals surface area (Å²) in [5.41, 5.74) is 1.49. The number of hydrogen-bond donors (Lipinski definition) is 2. The molecule has 1 aliphatic rings. The van der Waals surface area contributed by atoms with Gasteiger partial charge in [0, 0.05) is 43.0 Å². The normalized spacial score (nSPS) is 16.0. The molecular formula is C17H18BrF2N3O2S. The zero-order chi connectivity index (χ0) is 19.0. The summed E-state index contributed by atoms with van der Waals surface area (Å²) in [5, 5.41) is 8.95. The first-order valence-corrected chi connectivity index (χ1v) is 9.32. The molecule has 0 spiro atoms. The molecule has 3 rings (SSSR count). The number of hydrogen-bond acceptors (Lipinski definition) is 3. The van der Waals surface area contributed by atoms with Gasteiger partial charge in [-0.25, -0.2) is 8.78 Å². The van der Waals surface area contributed by atoms with E-state index in [1.807, 2.05) is 0 Å². The zero-order valence-electron chi connectivity index (χ0n) is 14.1. The number of imidazole rings is 1. The Morgan fingerprint density at radius 1 is 1.50 bits per heavy atom. The van der Waals surface area contributed by atoms with Crippen LogP contribution in [0, 0.1) is 16.4 Å². The molecule has 1 aliphatic heterocycles. The lowest BCUT2D eigenvalue weighted by Gasteiger charge is -2.15. The molecule has 9 heteroatoms. The molecule has 1 atom stereocenters. The summed E-state index contributed by atoms with van der Waals surface area (Å²) in [5.74, 6) is -1.74. The molecule has 5 nitrogen and oxygen atoms in total. The molecule has 0 radical (unpaired) electrons. The van der Waals surface area contributed by atoms with Gasteiger partial charge in [0.05, 0.1) is 17.5 Å². The van der Waals surface area contributed by atoms with Gasteiger partial charge in [-0.3, -0.25) is 4.79 Å². The van der Waals surface area contributed by atoms with Crippen LogP contribution in [0.25, 0.3) is 0 Å². The Kier molecular flexibility index (Phi) is 5.59. The fourth-order valence-corrected chi connectivity index (χ4v) is 3.97. The molecule has 0 unspecified atom stereocenters. The van der Waals surface area contributed by atoms with Gasteiger partial charge in [-0.15, -0.1) is 0 Å². The highest BCUT2D eigenvalue weighted by atomic mass is 79.9. The smallest absolute Gasteiger partial charge is 0.228 e. The summed E-state index contributed by atoms with van der Waals surface area (Å²) in [6, 6.07) is 2.59. The third-order valence-corrected chi connectivity index (χ3v) is 5.63. The first-order chi connectivity index (χ1) is 12.3. The van der Waals surface area contributed by atoms with E-state index in [0.29, 0.717) is 23.4 Å². The van der Waals surface area contributed by atoms with Gasteiger partial charge in [0.1, 0.15) is 11.6 Å². The van der Waals surface area contributed by atoms with Crippen molar-refractivity contribution in [2.24, 2.45) is 0 Å². The number of aliphatic hydroxyl groups is 1. The Hall–Kier alpha value is -1.58. The molecular weight excluding hydrogens is 428 g/mol. The van der Waals surface area contributed by atoms with Crippen molar-refractivity contribution in [3.63, 3.8) is 0 Å². The number of H-pyrrole nitrogens is 1. The minimum absolute atomic E-state index is 0.0344. The molecule has 2 aromatic rings. The second-order valence-electron chi connectivity index (χ2n) is 6.34. The van der Waals surface area contributed by atoms with Crippen molar-refractivity contribution in [1.82, 2.24) is 14.5 Å². The van der Waals surface area contributed by atoms with Crippen molar-refractivity contribution < 1.29 is 18.7 Å². The third-order valence-electron chi connectivity index (χ3n) is 4.70. The highest BCUT2D eigenvalue weighted by Crippen LogP contribution is 2.36. The Morgan fingerprint density at radius 2 is 2.23 bits per heavy atom. The van der Waals surface area contributed by atoms with E-state index in [-0.39, 0.29) is 41.4 Å². The topological polar surface area (TPSA) is 61.3 Å². The third kappa shape index (κ3) is 3.47. The molecule has 2 N–H and O–H groups in total. The fourth-order valence-electron chi connectivity index (χ4n) is 3.32. The summed E-state index contributed by atoms with van der Waals surface area (Å²) >= 11 is 8.41. The summed E-state index contributed by atoms with van der Waals surface area (Å²) < 4.78 is 31.1. The molecule has 1 amide bonds. The van der Waals surface area contributed by atoms with Crippen LogP contribution in [0.2, 0.25) is 0 Å². The van der Waals surface area contributed by atoms with Gasteiger partial charge in [-0.1, -0.05) is 0 Å². The number of aromatic amines is 1. The molecule has 0 bridgehead atoms. The summed E-state index contributed by atoms with van der Waals surface area (Å²) in [4.78, 5) is 16.7. The van der Waals surface area contributed by atoms with E-state index in [2.05, 4.69) is 20.9 Å². The van der Waals surface area contributed by atoms with Crippen molar-refractivity contribution in [1.29, 1.82) is 0 Å². The van der Waals surface area contributed by atoms with Gasteiger partial charge in [0.15, 0.2) is 4.77 Å². The van der Waals surface area contributed by atoms with E-state index in [0.717, 1.165) is 5.69 Å². The number of likely N-dealkylation sites (N-methyl/N-ethyl adjacent to an activating group) is 1. The van der Waals surface area contributed by atoms with E-state index in [1.165, 1.54) is 17.0 Å². The van der Waals surface area contributed by atoms with Crippen LogP contribution in [0.15, 0.2) is 16.6 Å². The number of halogens is 3. The number of benzene rings is 1. The number of nitrogens with one attached hydrogen (secondary N) is 1. The van der Waals surface area contributed by atoms with Crippen molar-refractivity contribution in [2.45, 2.75) is 25.3 Å². The molecule has 1 aromatic carbocycles. The van der Waals surface area contributed by atoms with E-state index in [1.54, 1.807) is 11.6 Å².